The average molecular weight is 219 g/mol. The van der Waals surface area contributed by atoms with Crippen molar-refractivity contribution < 1.29 is 0 Å². The molecule has 0 saturated heterocycles. The minimum absolute atomic E-state index is 0.460. The third kappa shape index (κ3) is 1.31. The minimum atomic E-state index is 0.460. The zero-order valence-corrected chi connectivity index (χ0v) is 8.19. The van der Waals surface area contributed by atoms with Gasteiger partial charge in [-0.1, -0.05) is 0 Å². The third-order valence-corrected chi connectivity index (χ3v) is 2.63. The Morgan fingerprint density at radius 3 is 3.00 bits per heavy atom. The third-order valence-electron chi connectivity index (χ3n) is 1.84. The summed E-state index contributed by atoms with van der Waals surface area (Å²) < 4.78 is 0. The molecule has 0 unspecified atom stereocenters. The summed E-state index contributed by atoms with van der Waals surface area (Å²) >= 11 is 1.52. The number of hydrogen-bond acceptors (Lipinski definition) is 6. The van der Waals surface area contributed by atoms with E-state index >= 15 is 0 Å². The van der Waals surface area contributed by atoms with Crippen LogP contribution in [0.5, 0.6) is 0 Å². The van der Waals surface area contributed by atoms with Crippen molar-refractivity contribution in [3.63, 3.8) is 0 Å². The van der Waals surface area contributed by atoms with Gasteiger partial charge in [-0.25, -0.2) is 9.97 Å². The monoisotopic (exact) mass is 219 g/mol. The van der Waals surface area contributed by atoms with E-state index in [-0.39, 0.29) is 0 Å². The summed E-state index contributed by atoms with van der Waals surface area (Å²) in [5.41, 5.74) is 1.46. The Morgan fingerprint density at radius 1 is 1.27 bits per heavy atom. The lowest BCUT2D eigenvalue weighted by Gasteiger charge is -1.92. The predicted molar refractivity (Wildman–Crippen MR) is 52.9 cm³/mol. The molecule has 2 N–H and O–H groups in total. The highest BCUT2D eigenvalue weighted by atomic mass is 32.1. The van der Waals surface area contributed by atoms with Crippen LogP contribution in [0.4, 0.5) is 0 Å². The summed E-state index contributed by atoms with van der Waals surface area (Å²) in [5.74, 6) is 0.460. The molecule has 3 aromatic heterocycles. The van der Waals surface area contributed by atoms with Gasteiger partial charge in [-0.3, -0.25) is 0 Å². The maximum atomic E-state index is 4.19. The largest absolute Gasteiger partial charge is 0.342 e. The normalized spacial score (nSPS) is 10.7. The van der Waals surface area contributed by atoms with Crippen molar-refractivity contribution in [3.05, 3.63) is 17.9 Å². The molecule has 0 aromatic carbocycles. The van der Waals surface area contributed by atoms with Crippen molar-refractivity contribution in [2.45, 2.75) is 0 Å². The maximum absolute atomic E-state index is 4.19. The number of rotatable bonds is 2. The lowest BCUT2D eigenvalue weighted by atomic mass is 10.3. The Bertz CT molecular complexity index is 489. The van der Waals surface area contributed by atoms with Crippen molar-refractivity contribution in [1.29, 1.82) is 0 Å². The predicted octanol–water partition coefficient (Wildman–Crippen LogP) is 0.713. The molecule has 0 radical (unpaired) electrons. The van der Waals surface area contributed by atoms with Gasteiger partial charge in [0, 0.05) is 11.6 Å². The molecule has 15 heavy (non-hydrogen) atoms. The second kappa shape index (κ2) is 3.24. The van der Waals surface area contributed by atoms with E-state index in [1.54, 1.807) is 12.5 Å². The Balaban J connectivity index is 2.15. The molecule has 0 amide bonds. The first-order chi connectivity index (χ1) is 7.45. The molecular formula is C7H5N7S. The summed E-state index contributed by atoms with van der Waals surface area (Å²) in [6.07, 6.45) is 3.32. The Kier molecular flexibility index (Phi) is 1.78. The summed E-state index contributed by atoms with van der Waals surface area (Å²) in [6.45, 7) is 0. The molecular weight excluding hydrogens is 214 g/mol. The Morgan fingerprint density at radius 2 is 2.27 bits per heavy atom. The first-order valence-electron chi connectivity index (χ1n) is 4.12. The molecule has 0 aliphatic carbocycles. The molecule has 74 valence electrons. The van der Waals surface area contributed by atoms with Gasteiger partial charge < -0.3 is 4.98 Å². The highest BCUT2D eigenvalue weighted by molar-refractivity contribution is 7.13. The summed E-state index contributed by atoms with van der Waals surface area (Å²) in [5, 5.41) is 16.4. The molecule has 0 fully saturated rings. The molecule has 0 bridgehead atoms. The Labute approximate surface area is 87.6 Å². The molecule has 3 aromatic rings. The fourth-order valence-corrected chi connectivity index (χ4v) is 1.88. The van der Waals surface area contributed by atoms with Gasteiger partial charge in [0.2, 0.25) is 5.82 Å². The molecule has 0 spiro atoms. The smallest absolute Gasteiger partial charge is 0.225 e. The number of imidazole rings is 1. The first kappa shape index (κ1) is 8.24. The van der Waals surface area contributed by atoms with Gasteiger partial charge in [0.15, 0.2) is 0 Å². The highest BCUT2D eigenvalue weighted by Crippen LogP contribution is 2.27. The minimum Gasteiger partial charge on any atom is -0.342 e. The number of thiazole rings is 1. The fourth-order valence-electron chi connectivity index (χ4n) is 1.24. The van der Waals surface area contributed by atoms with E-state index in [1.807, 2.05) is 5.38 Å². The molecule has 0 aliphatic rings. The Hall–Kier alpha value is -2.09. The summed E-state index contributed by atoms with van der Waals surface area (Å²) in [6, 6.07) is 0. The first-order valence-corrected chi connectivity index (χ1v) is 5.00. The van der Waals surface area contributed by atoms with Crippen molar-refractivity contribution in [3.8, 4) is 22.2 Å². The van der Waals surface area contributed by atoms with Crippen LogP contribution in [0.15, 0.2) is 17.9 Å². The molecule has 3 heterocycles. The second-order valence-corrected chi connectivity index (χ2v) is 3.59. The van der Waals surface area contributed by atoms with Crippen LogP contribution in [0.2, 0.25) is 0 Å². The van der Waals surface area contributed by atoms with Crippen LogP contribution in [-0.4, -0.2) is 35.6 Å². The SMILES string of the molecule is c1csc(-c2[nH]cnc2-c2nn[nH]n2)n1. The van der Waals surface area contributed by atoms with Crippen LogP contribution in [0, 0.1) is 0 Å². The number of aromatic nitrogens is 7. The lowest BCUT2D eigenvalue weighted by molar-refractivity contribution is 0.881. The van der Waals surface area contributed by atoms with E-state index in [1.165, 1.54) is 11.3 Å². The molecule has 7 nitrogen and oxygen atoms in total. The van der Waals surface area contributed by atoms with E-state index in [4.69, 9.17) is 0 Å². The van der Waals surface area contributed by atoms with Gasteiger partial charge in [0.05, 0.1) is 6.33 Å². The van der Waals surface area contributed by atoms with E-state index < -0.39 is 0 Å². The van der Waals surface area contributed by atoms with Crippen LogP contribution in [-0.2, 0) is 0 Å². The molecule has 0 saturated carbocycles. The van der Waals surface area contributed by atoms with Crippen molar-refractivity contribution >= 4 is 11.3 Å². The van der Waals surface area contributed by atoms with Gasteiger partial charge in [0.25, 0.3) is 0 Å². The van der Waals surface area contributed by atoms with Gasteiger partial charge >= 0.3 is 0 Å². The van der Waals surface area contributed by atoms with E-state index in [9.17, 15) is 0 Å². The highest BCUT2D eigenvalue weighted by Gasteiger charge is 2.15. The zero-order valence-electron chi connectivity index (χ0n) is 7.38. The van der Waals surface area contributed by atoms with Crippen molar-refractivity contribution in [2.75, 3.05) is 0 Å². The molecule has 8 heteroatoms. The standard InChI is InChI=1S/C7H5N7S/c1-2-15-7(8-1)5-4(9-3-10-5)6-11-13-14-12-6/h1-3H,(H,9,10)(H,11,12,13,14). The number of tetrazole rings is 1. The number of aromatic amines is 2. The molecule has 0 aliphatic heterocycles. The lowest BCUT2D eigenvalue weighted by Crippen LogP contribution is -1.85. The number of nitrogens with zero attached hydrogens (tertiary/aromatic N) is 5. The van der Waals surface area contributed by atoms with Crippen LogP contribution in [0.25, 0.3) is 22.2 Å². The molecule has 0 atom stereocenters. The van der Waals surface area contributed by atoms with Gasteiger partial charge in [-0.05, 0) is 5.21 Å². The zero-order chi connectivity index (χ0) is 10.1. The van der Waals surface area contributed by atoms with Gasteiger partial charge in [0.1, 0.15) is 16.4 Å². The number of H-pyrrole nitrogens is 2. The van der Waals surface area contributed by atoms with E-state index in [0.717, 1.165) is 10.7 Å². The topological polar surface area (TPSA) is 96.0 Å². The van der Waals surface area contributed by atoms with Crippen LogP contribution in [0.1, 0.15) is 0 Å². The fraction of sp³-hybridized carbons (Fsp3) is 0. The molecule has 3 rings (SSSR count). The van der Waals surface area contributed by atoms with Crippen molar-refractivity contribution in [2.24, 2.45) is 0 Å². The number of nitrogens with one attached hydrogen (secondary N) is 2. The van der Waals surface area contributed by atoms with Crippen LogP contribution < -0.4 is 0 Å². The number of hydrogen-bond donors (Lipinski definition) is 2. The maximum Gasteiger partial charge on any atom is 0.225 e. The average Bonchev–Trinajstić information content (AvgIpc) is 3.01. The summed E-state index contributed by atoms with van der Waals surface area (Å²) in [7, 11) is 0. The van der Waals surface area contributed by atoms with Gasteiger partial charge in [-0.2, -0.15) is 5.21 Å². The van der Waals surface area contributed by atoms with Crippen molar-refractivity contribution in [1.82, 2.24) is 35.6 Å². The van der Waals surface area contributed by atoms with E-state index in [0.29, 0.717) is 11.5 Å². The van der Waals surface area contributed by atoms with Crippen LogP contribution in [0.3, 0.4) is 0 Å². The van der Waals surface area contributed by atoms with E-state index in [2.05, 4.69) is 35.6 Å². The summed E-state index contributed by atoms with van der Waals surface area (Å²) in [4.78, 5) is 11.3. The van der Waals surface area contributed by atoms with Crippen LogP contribution >= 0.6 is 11.3 Å². The van der Waals surface area contributed by atoms with Gasteiger partial charge in [-0.15, -0.1) is 21.5 Å². The quantitative estimate of drug-likeness (QED) is 0.661. The second-order valence-electron chi connectivity index (χ2n) is 2.70.